The fourth-order valence-electron chi connectivity index (χ4n) is 4.09. The van der Waals surface area contributed by atoms with Gasteiger partial charge in [-0.2, -0.15) is 0 Å². The summed E-state index contributed by atoms with van der Waals surface area (Å²) in [6.07, 6.45) is 0.237. The molecule has 0 aromatic heterocycles. The van der Waals surface area contributed by atoms with Gasteiger partial charge >= 0.3 is 0 Å². The minimum Gasteiger partial charge on any atom is -0.399 e. The summed E-state index contributed by atoms with van der Waals surface area (Å²) >= 11 is 0. The SMILES string of the molecule is CN(C)c1ccc(Cc2ccc(N(C)C)cc2NS(=O)(=O)c2ccc(N)cc2)c(NS(=O)(=O)c2ccc(N)cc2)c1. The minimum absolute atomic E-state index is 0.0696. The average Bonchev–Trinajstić information content (AvgIpc) is 2.90. The molecule has 12 heteroatoms. The second-order valence-electron chi connectivity index (χ2n) is 10.00. The van der Waals surface area contributed by atoms with Gasteiger partial charge in [0.15, 0.2) is 0 Å². The lowest BCUT2D eigenvalue weighted by atomic mass is 10.0. The Labute approximate surface area is 241 Å². The number of rotatable bonds is 10. The molecule has 0 amide bonds. The smallest absolute Gasteiger partial charge is 0.261 e. The molecule has 0 saturated carbocycles. The van der Waals surface area contributed by atoms with Gasteiger partial charge in [0.2, 0.25) is 0 Å². The molecule has 0 aliphatic rings. The van der Waals surface area contributed by atoms with Crippen molar-refractivity contribution in [2.45, 2.75) is 16.2 Å². The molecule has 0 saturated heterocycles. The Hall–Kier alpha value is -4.42. The van der Waals surface area contributed by atoms with Gasteiger partial charge in [-0.25, -0.2) is 16.8 Å². The molecule has 216 valence electrons. The van der Waals surface area contributed by atoms with E-state index in [1.807, 2.05) is 62.3 Å². The van der Waals surface area contributed by atoms with Crippen molar-refractivity contribution in [3.63, 3.8) is 0 Å². The van der Waals surface area contributed by atoms with Gasteiger partial charge in [-0.1, -0.05) is 12.1 Å². The molecule has 0 spiro atoms. The quantitative estimate of drug-likeness (QED) is 0.200. The van der Waals surface area contributed by atoms with Gasteiger partial charge in [0, 0.05) is 57.4 Å². The normalized spacial score (nSPS) is 11.6. The van der Waals surface area contributed by atoms with E-state index in [0.29, 0.717) is 33.9 Å². The summed E-state index contributed by atoms with van der Waals surface area (Å²) in [4.78, 5) is 3.87. The zero-order chi connectivity index (χ0) is 29.9. The molecule has 0 aliphatic heterocycles. The Balaban J connectivity index is 1.76. The van der Waals surface area contributed by atoms with Crippen LogP contribution in [-0.4, -0.2) is 45.0 Å². The van der Waals surface area contributed by atoms with Gasteiger partial charge in [0.05, 0.1) is 21.2 Å². The molecule has 4 aromatic carbocycles. The Morgan fingerprint density at radius 2 is 0.902 bits per heavy atom. The third kappa shape index (κ3) is 7.02. The second kappa shape index (κ2) is 11.6. The lowest BCUT2D eigenvalue weighted by Crippen LogP contribution is -2.17. The third-order valence-corrected chi connectivity index (χ3v) is 9.23. The number of benzene rings is 4. The van der Waals surface area contributed by atoms with Crippen LogP contribution in [0.5, 0.6) is 0 Å². The summed E-state index contributed by atoms with van der Waals surface area (Å²) in [5.74, 6) is 0. The first-order valence-corrected chi connectivity index (χ1v) is 15.6. The Morgan fingerprint density at radius 1 is 0.561 bits per heavy atom. The Kier molecular flexibility index (Phi) is 8.36. The standard InChI is InChI=1S/C29H34N6O4S2/c1-34(2)24-11-5-20(28(18-24)32-40(36,37)26-13-7-22(30)8-14-26)17-21-6-12-25(35(3)4)19-29(21)33-41(38,39)27-15-9-23(31)10-16-27/h5-16,18-19,32-33H,17,30-31H2,1-4H3. The number of nitrogens with zero attached hydrogens (tertiary/aromatic N) is 2. The maximum atomic E-state index is 13.3. The van der Waals surface area contributed by atoms with Crippen LogP contribution in [-0.2, 0) is 26.5 Å². The lowest BCUT2D eigenvalue weighted by Gasteiger charge is -2.21. The van der Waals surface area contributed by atoms with Crippen LogP contribution >= 0.6 is 0 Å². The van der Waals surface area contributed by atoms with Crippen LogP contribution in [0.1, 0.15) is 11.1 Å². The van der Waals surface area contributed by atoms with Crippen LogP contribution in [0.4, 0.5) is 34.1 Å². The van der Waals surface area contributed by atoms with Crippen LogP contribution in [0.25, 0.3) is 0 Å². The van der Waals surface area contributed by atoms with Crippen molar-refractivity contribution in [3.05, 3.63) is 96.1 Å². The molecule has 4 rings (SSSR count). The predicted octanol–water partition coefficient (Wildman–Crippen LogP) is 4.18. The molecule has 6 N–H and O–H groups in total. The van der Waals surface area contributed by atoms with Crippen molar-refractivity contribution < 1.29 is 16.8 Å². The molecule has 0 atom stereocenters. The van der Waals surface area contributed by atoms with E-state index in [-0.39, 0.29) is 16.2 Å². The first-order valence-electron chi connectivity index (χ1n) is 12.6. The minimum atomic E-state index is -3.94. The van der Waals surface area contributed by atoms with Crippen molar-refractivity contribution in [1.29, 1.82) is 0 Å². The zero-order valence-corrected chi connectivity index (χ0v) is 24.9. The van der Waals surface area contributed by atoms with E-state index in [4.69, 9.17) is 11.5 Å². The van der Waals surface area contributed by atoms with Gasteiger partial charge < -0.3 is 21.3 Å². The van der Waals surface area contributed by atoms with E-state index >= 15 is 0 Å². The number of nitrogen functional groups attached to an aromatic ring is 2. The van der Waals surface area contributed by atoms with Crippen molar-refractivity contribution in [2.75, 3.05) is 58.9 Å². The molecular formula is C29H34N6O4S2. The van der Waals surface area contributed by atoms with Crippen LogP contribution in [0, 0.1) is 0 Å². The second-order valence-corrected chi connectivity index (χ2v) is 13.4. The monoisotopic (exact) mass is 594 g/mol. The van der Waals surface area contributed by atoms with Crippen molar-refractivity contribution >= 4 is 54.2 Å². The van der Waals surface area contributed by atoms with E-state index in [9.17, 15) is 16.8 Å². The lowest BCUT2D eigenvalue weighted by molar-refractivity contribution is 0.599. The van der Waals surface area contributed by atoms with Gasteiger partial charge in [-0.3, -0.25) is 9.44 Å². The average molecular weight is 595 g/mol. The van der Waals surface area contributed by atoms with E-state index in [1.165, 1.54) is 48.5 Å². The van der Waals surface area contributed by atoms with Crippen LogP contribution in [0.15, 0.2) is 94.7 Å². The number of sulfonamides is 2. The highest BCUT2D eigenvalue weighted by atomic mass is 32.2. The highest BCUT2D eigenvalue weighted by molar-refractivity contribution is 7.93. The number of hydrogen-bond donors (Lipinski definition) is 4. The molecule has 10 nitrogen and oxygen atoms in total. The number of hydrogen-bond acceptors (Lipinski definition) is 8. The zero-order valence-electron chi connectivity index (χ0n) is 23.3. The summed E-state index contributed by atoms with van der Waals surface area (Å²) in [6, 6.07) is 22.8. The number of nitrogens with one attached hydrogen (secondary N) is 2. The summed E-state index contributed by atoms with van der Waals surface area (Å²) in [5, 5.41) is 0. The van der Waals surface area contributed by atoms with Crippen molar-refractivity contribution in [1.82, 2.24) is 0 Å². The number of anilines is 6. The maximum Gasteiger partial charge on any atom is 0.261 e. The largest absolute Gasteiger partial charge is 0.399 e. The molecule has 0 radical (unpaired) electrons. The summed E-state index contributed by atoms with van der Waals surface area (Å²) in [7, 11) is -0.439. The van der Waals surface area contributed by atoms with Crippen LogP contribution in [0.3, 0.4) is 0 Å². The van der Waals surface area contributed by atoms with Crippen LogP contribution < -0.4 is 30.7 Å². The van der Waals surface area contributed by atoms with E-state index in [0.717, 1.165) is 11.4 Å². The third-order valence-electron chi connectivity index (χ3n) is 6.47. The Bertz CT molecular complexity index is 1620. The topological polar surface area (TPSA) is 151 Å². The van der Waals surface area contributed by atoms with E-state index in [2.05, 4.69) is 9.44 Å². The van der Waals surface area contributed by atoms with Gasteiger partial charge in [-0.15, -0.1) is 0 Å². The van der Waals surface area contributed by atoms with Crippen molar-refractivity contribution in [3.8, 4) is 0 Å². The highest BCUT2D eigenvalue weighted by Gasteiger charge is 2.20. The molecule has 41 heavy (non-hydrogen) atoms. The summed E-state index contributed by atoms with van der Waals surface area (Å²) in [5.41, 5.74) is 16.0. The molecular weight excluding hydrogens is 560 g/mol. The summed E-state index contributed by atoms with van der Waals surface area (Å²) in [6.45, 7) is 0. The van der Waals surface area contributed by atoms with E-state index in [1.54, 1.807) is 12.1 Å². The Morgan fingerprint density at radius 3 is 1.22 bits per heavy atom. The van der Waals surface area contributed by atoms with Gasteiger partial charge in [-0.05, 0) is 83.9 Å². The fraction of sp³-hybridized carbons (Fsp3) is 0.172. The number of nitrogens with two attached hydrogens (primary N) is 2. The molecule has 0 aliphatic carbocycles. The summed E-state index contributed by atoms with van der Waals surface area (Å²) < 4.78 is 58.6. The molecule has 0 unspecified atom stereocenters. The highest BCUT2D eigenvalue weighted by Crippen LogP contribution is 2.32. The molecule has 0 fully saturated rings. The van der Waals surface area contributed by atoms with Crippen LogP contribution in [0.2, 0.25) is 0 Å². The molecule has 4 aromatic rings. The van der Waals surface area contributed by atoms with Gasteiger partial charge in [0.25, 0.3) is 20.0 Å². The fourth-order valence-corrected chi connectivity index (χ4v) is 6.27. The first kappa shape index (κ1) is 29.6. The molecule has 0 bridgehead atoms. The predicted molar refractivity (Wildman–Crippen MR) is 168 cm³/mol. The maximum absolute atomic E-state index is 13.3. The van der Waals surface area contributed by atoms with Crippen molar-refractivity contribution in [2.24, 2.45) is 0 Å². The first-order chi connectivity index (χ1) is 19.2. The van der Waals surface area contributed by atoms with E-state index < -0.39 is 20.0 Å². The van der Waals surface area contributed by atoms with Gasteiger partial charge in [0.1, 0.15) is 0 Å². The molecule has 0 heterocycles.